The molecule has 0 amide bonds. The Bertz CT molecular complexity index is 667. The lowest BCUT2D eigenvalue weighted by Gasteiger charge is -2.12. The van der Waals surface area contributed by atoms with Crippen molar-refractivity contribution in [3.8, 4) is 10.7 Å². The predicted octanol–water partition coefficient (Wildman–Crippen LogP) is 2.62. The third-order valence-corrected chi connectivity index (χ3v) is 4.05. The molecule has 3 rings (SSSR count). The van der Waals surface area contributed by atoms with Gasteiger partial charge in [-0.15, -0.1) is 11.3 Å². The predicted molar refractivity (Wildman–Crippen MR) is 80.7 cm³/mol. The number of nitrogens with zero attached hydrogens (tertiary/aromatic N) is 2. The molecule has 0 aliphatic heterocycles. The van der Waals surface area contributed by atoms with Crippen molar-refractivity contribution in [3.05, 3.63) is 59.6 Å². The zero-order valence-corrected chi connectivity index (χ0v) is 12.1. The summed E-state index contributed by atoms with van der Waals surface area (Å²) >= 11 is 1.59. The van der Waals surface area contributed by atoms with Gasteiger partial charge in [-0.05, 0) is 24.3 Å². The number of thiazole rings is 1. The zero-order chi connectivity index (χ0) is 14.5. The molecule has 108 valence electrons. The lowest BCUT2D eigenvalue weighted by Crippen LogP contribution is -2.23. The van der Waals surface area contributed by atoms with Crippen molar-refractivity contribution in [3.63, 3.8) is 0 Å². The fourth-order valence-electron chi connectivity index (χ4n) is 1.97. The fourth-order valence-corrected chi connectivity index (χ4v) is 2.81. The lowest BCUT2D eigenvalue weighted by molar-refractivity contribution is 0.226. The summed E-state index contributed by atoms with van der Waals surface area (Å²) < 4.78 is 5.30. The minimum Gasteiger partial charge on any atom is -0.468 e. The van der Waals surface area contributed by atoms with Gasteiger partial charge in [0.25, 0.3) is 0 Å². The first-order chi connectivity index (χ1) is 10.4. The minimum absolute atomic E-state index is 0.0145. The first-order valence-corrected chi connectivity index (χ1v) is 7.42. The normalized spacial score (nSPS) is 12.4. The Morgan fingerprint density at radius 3 is 2.90 bits per heavy atom. The smallest absolute Gasteiger partial charge is 0.142 e. The molecular formula is C15H15N3O2S. The molecule has 0 fully saturated rings. The van der Waals surface area contributed by atoms with Gasteiger partial charge >= 0.3 is 0 Å². The largest absolute Gasteiger partial charge is 0.468 e. The average Bonchev–Trinajstić information content (AvgIpc) is 3.20. The molecule has 5 nitrogen and oxygen atoms in total. The van der Waals surface area contributed by atoms with Crippen molar-refractivity contribution in [1.82, 2.24) is 15.3 Å². The van der Waals surface area contributed by atoms with E-state index in [1.54, 1.807) is 23.8 Å². The van der Waals surface area contributed by atoms with Crippen LogP contribution in [0.15, 0.2) is 53.4 Å². The number of rotatable bonds is 6. The highest BCUT2D eigenvalue weighted by Crippen LogP contribution is 2.23. The molecular weight excluding hydrogens is 286 g/mol. The maximum atomic E-state index is 9.41. The number of furan rings is 1. The minimum atomic E-state index is -0.208. The summed E-state index contributed by atoms with van der Waals surface area (Å²) in [6.07, 6.45) is 5.19. The van der Waals surface area contributed by atoms with Crippen molar-refractivity contribution < 1.29 is 9.52 Å². The molecule has 0 bridgehead atoms. The van der Waals surface area contributed by atoms with Gasteiger partial charge in [0.1, 0.15) is 10.8 Å². The van der Waals surface area contributed by atoms with E-state index in [4.69, 9.17) is 4.42 Å². The topological polar surface area (TPSA) is 71.2 Å². The van der Waals surface area contributed by atoms with Crippen LogP contribution in [-0.4, -0.2) is 21.7 Å². The SMILES string of the molecule is OCC(NCc1cnc(-c2ccccn2)s1)c1ccco1. The molecule has 2 N–H and O–H groups in total. The number of hydrogen-bond donors (Lipinski definition) is 2. The van der Waals surface area contributed by atoms with Gasteiger partial charge in [-0.1, -0.05) is 6.07 Å². The second-order valence-corrected chi connectivity index (χ2v) is 5.59. The van der Waals surface area contributed by atoms with Gasteiger partial charge in [-0.2, -0.15) is 0 Å². The molecule has 0 saturated carbocycles. The fraction of sp³-hybridized carbons (Fsp3) is 0.200. The number of pyridine rings is 1. The van der Waals surface area contributed by atoms with Crippen LogP contribution < -0.4 is 5.32 Å². The summed E-state index contributed by atoms with van der Waals surface area (Å²) in [5, 5.41) is 13.6. The van der Waals surface area contributed by atoms with E-state index < -0.39 is 0 Å². The van der Waals surface area contributed by atoms with Crippen LogP contribution in [0.3, 0.4) is 0 Å². The summed E-state index contributed by atoms with van der Waals surface area (Å²) in [6, 6.07) is 9.22. The van der Waals surface area contributed by atoms with Crippen LogP contribution in [0.4, 0.5) is 0 Å². The van der Waals surface area contributed by atoms with Crippen LogP contribution >= 0.6 is 11.3 Å². The molecule has 0 saturated heterocycles. The van der Waals surface area contributed by atoms with Crippen LogP contribution in [0, 0.1) is 0 Å². The summed E-state index contributed by atoms with van der Waals surface area (Å²) in [5.41, 5.74) is 0.874. The number of hydrogen-bond acceptors (Lipinski definition) is 6. The van der Waals surface area contributed by atoms with E-state index in [2.05, 4.69) is 15.3 Å². The Labute approximate surface area is 126 Å². The van der Waals surface area contributed by atoms with E-state index in [-0.39, 0.29) is 12.6 Å². The third kappa shape index (κ3) is 3.36. The molecule has 1 atom stereocenters. The summed E-state index contributed by atoms with van der Waals surface area (Å²) in [4.78, 5) is 9.75. The van der Waals surface area contributed by atoms with E-state index >= 15 is 0 Å². The highest BCUT2D eigenvalue weighted by atomic mass is 32.1. The molecule has 1 unspecified atom stereocenters. The van der Waals surface area contributed by atoms with Gasteiger partial charge < -0.3 is 14.8 Å². The molecule has 0 aromatic carbocycles. The average molecular weight is 301 g/mol. The maximum absolute atomic E-state index is 9.41. The van der Waals surface area contributed by atoms with Crippen LogP contribution in [0.1, 0.15) is 16.7 Å². The van der Waals surface area contributed by atoms with E-state index in [0.29, 0.717) is 6.54 Å². The molecule has 0 aliphatic carbocycles. The number of aliphatic hydroxyl groups is 1. The first kappa shape index (κ1) is 13.9. The molecule has 21 heavy (non-hydrogen) atoms. The van der Waals surface area contributed by atoms with Crippen molar-refractivity contribution >= 4 is 11.3 Å². The van der Waals surface area contributed by atoms with Crippen LogP contribution in [0.2, 0.25) is 0 Å². The Hall–Kier alpha value is -2.02. The quantitative estimate of drug-likeness (QED) is 0.732. The second kappa shape index (κ2) is 6.62. The third-order valence-electron chi connectivity index (χ3n) is 3.03. The molecule has 3 aromatic heterocycles. The summed E-state index contributed by atoms with van der Waals surface area (Å²) in [6.45, 7) is 0.607. The second-order valence-electron chi connectivity index (χ2n) is 4.48. The molecule has 3 heterocycles. The van der Waals surface area contributed by atoms with Gasteiger partial charge in [0.2, 0.25) is 0 Å². The monoisotopic (exact) mass is 301 g/mol. The number of nitrogens with one attached hydrogen (secondary N) is 1. The zero-order valence-electron chi connectivity index (χ0n) is 11.3. The lowest BCUT2D eigenvalue weighted by atomic mass is 10.2. The molecule has 3 aromatic rings. The standard InChI is InChI=1S/C15H15N3O2S/c19-10-13(14-5-3-7-20-14)17-8-11-9-18-15(21-11)12-4-1-2-6-16-12/h1-7,9,13,17,19H,8,10H2. The highest BCUT2D eigenvalue weighted by Gasteiger charge is 2.13. The molecule has 0 aliphatic rings. The van der Waals surface area contributed by atoms with Crippen molar-refractivity contribution in [2.45, 2.75) is 12.6 Å². The summed E-state index contributed by atoms with van der Waals surface area (Å²) in [7, 11) is 0. The van der Waals surface area contributed by atoms with Gasteiger partial charge in [-0.3, -0.25) is 4.98 Å². The highest BCUT2D eigenvalue weighted by molar-refractivity contribution is 7.14. The van der Waals surface area contributed by atoms with Crippen LogP contribution in [-0.2, 0) is 6.54 Å². The van der Waals surface area contributed by atoms with Gasteiger partial charge in [-0.25, -0.2) is 4.98 Å². The van der Waals surface area contributed by atoms with Crippen LogP contribution in [0.5, 0.6) is 0 Å². The molecule has 0 spiro atoms. The van der Waals surface area contributed by atoms with E-state index in [9.17, 15) is 5.11 Å². The van der Waals surface area contributed by atoms with E-state index in [0.717, 1.165) is 21.3 Å². The van der Waals surface area contributed by atoms with Gasteiger partial charge in [0, 0.05) is 23.8 Å². The first-order valence-electron chi connectivity index (χ1n) is 6.60. The van der Waals surface area contributed by atoms with Crippen molar-refractivity contribution in [2.24, 2.45) is 0 Å². The number of aromatic nitrogens is 2. The maximum Gasteiger partial charge on any atom is 0.142 e. The Balaban J connectivity index is 1.65. The van der Waals surface area contributed by atoms with Crippen LogP contribution in [0.25, 0.3) is 10.7 Å². The van der Waals surface area contributed by atoms with Crippen molar-refractivity contribution in [2.75, 3.05) is 6.61 Å². The molecule has 6 heteroatoms. The molecule has 0 radical (unpaired) electrons. The summed E-state index contributed by atoms with van der Waals surface area (Å²) in [5.74, 6) is 0.729. The van der Waals surface area contributed by atoms with E-state index in [1.165, 1.54) is 0 Å². The van der Waals surface area contributed by atoms with Gasteiger partial charge in [0.15, 0.2) is 0 Å². The Morgan fingerprint density at radius 1 is 1.24 bits per heavy atom. The van der Waals surface area contributed by atoms with Crippen molar-refractivity contribution in [1.29, 1.82) is 0 Å². The number of aliphatic hydroxyl groups excluding tert-OH is 1. The Kier molecular flexibility index (Phi) is 4.40. The Morgan fingerprint density at radius 2 is 2.19 bits per heavy atom. The van der Waals surface area contributed by atoms with E-state index in [1.807, 2.05) is 36.5 Å². The van der Waals surface area contributed by atoms with Gasteiger partial charge in [0.05, 0.1) is 24.6 Å².